The second kappa shape index (κ2) is 3.17. The number of rotatable bonds is 1. The minimum absolute atomic E-state index is 0.639. The maximum atomic E-state index is 5.42. The highest BCUT2D eigenvalue weighted by molar-refractivity contribution is 9.09. The summed E-state index contributed by atoms with van der Waals surface area (Å²) in [5.41, 5.74) is 1.00. The number of hydrogen-bond acceptors (Lipinski definition) is 2. The van der Waals surface area contributed by atoms with Crippen LogP contribution in [0.25, 0.3) is 0 Å². The monoisotopic (exact) mass is 228 g/mol. The minimum Gasteiger partial charge on any atom is -0.335 e. The molecule has 3 heteroatoms. The summed E-state index contributed by atoms with van der Waals surface area (Å²) in [5.74, 6) is 0. The highest BCUT2D eigenvalue weighted by Gasteiger charge is 2.35. The van der Waals surface area contributed by atoms with Gasteiger partial charge in [0.15, 0.2) is 0 Å². The molecule has 1 aliphatic heterocycles. The molecular formula is C9H9BrO2. The highest BCUT2D eigenvalue weighted by Crippen LogP contribution is 2.37. The highest BCUT2D eigenvalue weighted by atomic mass is 79.9. The lowest BCUT2D eigenvalue weighted by molar-refractivity contribution is -0.0743. The summed E-state index contributed by atoms with van der Waals surface area (Å²) in [4.78, 5) is 0. The van der Waals surface area contributed by atoms with Crippen LogP contribution in [-0.2, 0) is 14.2 Å². The van der Waals surface area contributed by atoms with Gasteiger partial charge >= 0.3 is 0 Å². The Kier molecular flexibility index (Phi) is 2.17. The number of benzene rings is 1. The zero-order valence-electron chi connectivity index (χ0n) is 6.50. The second-order valence-corrected chi connectivity index (χ2v) is 3.64. The van der Waals surface area contributed by atoms with Gasteiger partial charge in [-0.1, -0.05) is 30.3 Å². The summed E-state index contributed by atoms with van der Waals surface area (Å²) in [5, 5.41) is 0. The molecule has 0 amide bonds. The lowest BCUT2D eigenvalue weighted by atomic mass is 10.2. The maximum Gasteiger partial charge on any atom is 0.254 e. The van der Waals surface area contributed by atoms with Crippen molar-refractivity contribution < 1.29 is 9.47 Å². The van der Waals surface area contributed by atoms with Crippen molar-refractivity contribution in [2.45, 2.75) is 4.70 Å². The van der Waals surface area contributed by atoms with Crippen LogP contribution in [0.4, 0.5) is 0 Å². The number of halogens is 1. The average molecular weight is 229 g/mol. The maximum absolute atomic E-state index is 5.42. The van der Waals surface area contributed by atoms with Gasteiger partial charge in [0.2, 0.25) is 0 Å². The molecule has 1 aromatic rings. The molecule has 1 saturated heterocycles. The predicted molar refractivity (Wildman–Crippen MR) is 49.0 cm³/mol. The topological polar surface area (TPSA) is 18.5 Å². The molecule has 0 unspecified atom stereocenters. The van der Waals surface area contributed by atoms with Crippen LogP contribution in [0.1, 0.15) is 5.56 Å². The first-order valence-corrected chi connectivity index (χ1v) is 4.63. The van der Waals surface area contributed by atoms with Crippen LogP contribution in [0.3, 0.4) is 0 Å². The van der Waals surface area contributed by atoms with Gasteiger partial charge in [-0.3, -0.25) is 0 Å². The molecule has 1 aromatic carbocycles. The minimum atomic E-state index is -0.700. The molecule has 2 rings (SSSR count). The van der Waals surface area contributed by atoms with E-state index in [4.69, 9.17) is 9.47 Å². The van der Waals surface area contributed by atoms with Crippen LogP contribution in [0.15, 0.2) is 30.3 Å². The van der Waals surface area contributed by atoms with Crippen molar-refractivity contribution in [2.75, 3.05) is 13.2 Å². The Labute approximate surface area is 79.6 Å². The predicted octanol–water partition coefficient (Wildman–Crippen LogP) is 2.24. The smallest absolute Gasteiger partial charge is 0.254 e. The molecule has 0 saturated carbocycles. The van der Waals surface area contributed by atoms with E-state index in [1.165, 1.54) is 0 Å². The zero-order chi connectivity index (χ0) is 8.44. The van der Waals surface area contributed by atoms with Gasteiger partial charge in [-0.2, -0.15) is 0 Å². The zero-order valence-corrected chi connectivity index (χ0v) is 8.08. The summed E-state index contributed by atoms with van der Waals surface area (Å²) in [6, 6.07) is 9.84. The number of alkyl halides is 1. The lowest BCUT2D eigenvalue weighted by Crippen LogP contribution is -2.17. The molecule has 0 aliphatic carbocycles. The van der Waals surface area contributed by atoms with E-state index >= 15 is 0 Å². The first-order valence-electron chi connectivity index (χ1n) is 3.84. The van der Waals surface area contributed by atoms with Gasteiger partial charge in [0.1, 0.15) is 0 Å². The molecule has 1 fully saturated rings. The van der Waals surface area contributed by atoms with Crippen LogP contribution in [0.2, 0.25) is 0 Å². The van der Waals surface area contributed by atoms with E-state index in [9.17, 15) is 0 Å². The fourth-order valence-electron chi connectivity index (χ4n) is 1.19. The van der Waals surface area contributed by atoms with Crippen LogP contribution in [0.5, 0.6) is 0 Å². The summed E-state index contributed by atoms with van der Waals surface area (Å²) in [7, 11) is 0. The Hall–Kier alpha value is -0.380. The van der Waals surface area contributed by atoms with E-state index in [2.05, 4.69) is 15.9 Å². The Bertz CT molecular complexity index is 254. The van der Waals surface area contributed by atoms with Crippen molar-refractivity contribution in [1.29, 1.82) is 0 Å². The van der Waals surface area contributed by atoms with E-state index in [-0.39, 0.29) is 0 Å². The van der Waals surface area contributed by atoms with Gasteiger partial charge < -0.3 is 9.47 Å². The summed E-state index contributed by atoms with van der Waals surface area (Å²) in [6.07, 6.45) is 0. The summed E-state index contributed by atoms with van der Waals surface area (Å²) < 4.78 is 10.1. The molecule has 0 radical (unpaired) electrons. The van der Waals surface area contributed by atoms with Crippen molar-refractivity contribution in [3.63, 3.8) is 0 Å². The van der Waals surface area contributed by atoms with Gasteiger partial charge in [-0.25, -0.2) is 0 Å². The Morgan fingerprint density at radius 2 is 1.67 bits per heavy atom. The first kappa shape index (κ1) is 8.23. The Balaban J connectivity index is 2.29. The van der Waals surface area contributed by atoms with Gasteiger partial charge in [0, 0.05) is 5.56 Å². The Morgan fingerprint density at radius 1 is 1.08 bits per heavy atom. The van der Waals surface area contributed by atoms with E-state index in [0.29, 0.717) is 13.2 Å². The number of ether oxygens (including phenoxy) is 2. The van der Waals surface area contributed by atoms with Gasteiger partial charge in [0.05, 0.1) is 13.2 Å². The molecule has 0 atom stereocenters. The van der Waals surface area contributed by atoms with Gasteiger partial charge in [-0.15, -0.1) is 0 Å². The van der Waals surface area contributed by atoms with Crippen molar-refractivity contribution in [2.24, 2.45) is 0 Å². The van der Waals surface area contributed by atoms with Crippen LogP contribution >= 0.6 is 15.9 Å². The lowest BCUT2D eigenvalue weighted by Gasteiger charge is -2.19. The normalized spacial score (nSPS) is 21.1. The van der Waals surface area contributed by atoms with Crippen molar-refractivity contribution in [1.82, 2.24) is 0 Å². The fourth-order valence-corrected chi connectivity index (χ4v) is 1.78. The van der Waals surface area contributed by atoms with E-state index in [1.54, 1.807) is 0 Å². The third-order valence-corrected chi connectivity index (χ3v) is 2.69. The molecule has 0 spiro atoms. The average Bonchev–Trinajstić information content (AvgIpc) is 2.55. The van der Waals surface area contributed by atoms with Crippen molar-refractivity contribution in [3.8, 4) is 0 Å². The van der Waals surface area contributed by atoms with Crippen LogP contribution in [0, 0.1) is 0 Å². The van der Waals surface area contributed by atoms with Gasteiger partial charge in [-0.05, 0) is 15.9 Å². The third-order valence-electron chi connectivity index (χ3n) is 1.78. The molecule has 0 aromatic heterocycles. The standard InChI is InChI=1S/C9H9BrO2/c10-9(11-6-7-12-9)8-4-2-1-3-5-8/h1-5H,6-7H2. The molecule has 0 bridgehead atoms. The van der Waals surface area contributed by atoms with Gasteiger partial charge in [0.25, 0.3) is 4.70 Å². The quantitative estimate of drug-likeness (QED) is 0.687. The van der Waals surface area contributed by atoms with E-state index in [0.717, 1.165) is 5.56 Å². The first-order chi connectivity index (χ1) is 5.81. The molecule has 2 nitrogen and oxygen atoms in total. The van der Waals surface area contributed by atoms with Crippen LogP contribution in [-0.4, -0.2) is 13.2 Å². The SMILES string of the molecule is BrC1(c2ccccc2)OCCO1. The molecule has 12 heavy (non-hydrogen) atoms. The van der Waals surface area contributed by atoms with E-state index in [1.807, 2.05) is 30.3 Å². The van der Waals surface area contributed by atoms with Crippen molar-refractivity contribution >= 4 is 15.9 Å². The second-order valence-electron chi connectivity index (χ2n) is 2.60. The number of hydrogen-bond donors (Lipinski definition) is 0. The van der Waals surface area contributed by atoms with Crippen LogP contribution < -0.4 is 0 Å². The molecule has 64 valence electrons. The third kappa shape index (κ3) is 1.40. The molecule has 0 N–H and O–H groups in total. The molecular weight excluding hydrogens is 220 g/mol. The molecule has 1 aliphatic rings. The largest absolute Gasteiger partial charge is 0.335 e. The molecule has 1 heterocycles. The van der Waals surface area contributed by atoms with E-state index < -0.39 is 4.70 Å². The summed E-state index contributed by atoms with van der Waals surface area (Å²) in [6.45, 7) is 1.28. The van der Waals surface area contributed by atoms with Crippen molar-refractivity contribution in [3.05, 3.63) is 35.9 Å². The Morgan fingerprint density at radius 3 is 2.25 bits per heavy atom. The summed E-state index contributed by atoms with van der Waals surface area (Å²) >= 11 is 3.41. The fraction of sp³-hybridized carbons (Fsp3) is 0.333.